The molecule has 0 saturated heterocycles. The van der Waals surface area contributed by atoms with Gasteiger partial charge in [0.05, 0.1) is 18.8 Å². The smallest absolute Gasteiger partial charge is 0.171 e. The Balaban J connectivity index is 1.76. The van der Waals surface area contributed by atoms with Gasteiger partial charge in [-0.15, -0.1) is 0 Å². The predicted octanol–water partition coefficient (Wildman–Crippen LogP) is 5.41. The highest BCUT2D eigenvalue weighted by atomic mass is 32.1. The Morgan fingerprint density at radius 2 is 1.54 bits per heavy atom. The first-order valence-corrected chi connectivity index (χ1v) is 8.94. The van der Waals surface area contributed by atoms with Gasteiger partial charge in [-0.1, -0.05) is 66.7 Å². The first-order valence-electron chi connectivity index (χ1n) is 8.53. The Bertz CT molecular complexity index is 866. The second-order valence-corrected chi connectivity index (χ2v) is 6.42. The van der Waals surface area contributed by atoms with E-state index in [0.717, 1.165) is 22.6 Å². The Labute approximate surface area is 160 Å². The third kappa shape index (κ3) is 4.41. The van der Waals surface area contributed by atoms with E-state index in [0.29, 0.717) is 5.11 Å². The molecule has 1 atom stereocenters. The maximum atomic E-state index is 5.50. The molecule has 3 aromatic carbocycles. The van der Waals surface area contributed by atoms with Crippen LogP contribution in [0.25, 0.3) is 11.1 Å². The second kappa shape index (κ2) is 8.50. The molecule has 2 N–H and O–H groups in total. The molecule has 1 unspecified atom stereocenters. The molecule has 132 valence electrons. The predicted molar refractivity (Wildman–Crippen MR) is 113 cm³/mol. The van der Waals surface area contributed by atoms with E-state index in [9.17, 15) is 0 Å². The fourth-order valence-electron chi connectivity index (χ4n) is 2.80. The van der Waals surface area contributed by atoms with Gasteiger partial charge in [0, 0.05) is 0 Å². The number of hydrogen-bond donors (Lipinski definition) is 2. The molecule has 4 heteroatoms. The van der Waals surface area contributed by atoms with Crippen molar-refractivity contribution in [1.29, 1.82) is 0 Å². The van der Waals surface area contributed by atoms with Crippen molar-refractivity contribution in [3.05, 3.63) is 84.4 Å². The summed E-state index contributed by atoms with van der Waals surface area (Å²) in [6.45, 7) is 2.08. The van der Waals surface area contributed by atoms with Gasteiger partial charge < -0.3 is 15.4 Å². The number of hydrogen-bond acceptors (Lipinski definition) is 2. The molecule has 0 saturated carbocycles. The lowest BCUT2D eigenvalue weighted by Gasteiger charge is -2.19. The molecule has 0 radical (unpaired) electrons. The van der Waals surface area contributed by atoms with E-state index in [1.165, 1.54) is 5.56 Å². The van der Waals surface area contributed by atoms with Crippen LogP contribution < -0.4 is 15.4 Å². The third-order valence-corrected chi connectivity index (χ3v) is 4.42. The maximum absolute atomic E-state index is 5.50. The summed E-state index contributed by atoms with van der Waals surface area (Å²) in [4.78, 5) is 0. The zero-order valence-corrected chi connectivity index (χ0v) is 15.7. The summed E-state index contributed by atoms with van der Waals surface area (Å²) in [6, 6.07) is 26.6. The fourth-order valence-corrected chi connectivity index (χ4v) is 3.08. The Morgan fingerprint density at radius 1 is 0.885 bits per heavy atom. The summed E-state index contributed by atoms with van der Waals surface area (Å²) in [6.07, 6.45) is 0. The monoisotopic (exact) mass is 362 g/mol. The zero-order valence-electron chi connectivity index (χ0n) is 14.9. The lowest BCUT2D eigenvalue weighted by atomic mass is 10.0. The average Bonchev–Trinajstić information content (AvgIpc) is 2.69. The van der Waals surface area contributed by atoms with Crippen molar-refractivity contribution in [2.75, 3.05) is 12.4 Å². The van der Waals surface area contributed by atoms with Gasteiger partial charge in [0.15, 0.2) is 5.11 Å². The minimum atomic E-state index is 0.111. The molecule has 26 heavy (non-hydrogen) atoms. The summed E-state index contributed by atoms with van der Waals surface area (Å²) in [5, 5.41) is 7.15. The second-order valence-electron chi connectivity index (χ2n) is 6.01. The number of thiocarbonyl (C=S) groups is 1. The molecule has 0 aliphatic heterocycles. The summed E-state index contributed by atoms with van der Waals surface area (Å²) in [5.41, 5.74) is 4.27. The molecular weight excluding hydrogens is 340 g/mol. The molecule has 0 aromatic heterocycles. The lowest BCUT2D eigenvalue weighted by molar-refractivity contribution is 0.417. The maximum Gasteiger partial charge on any atom is 0.171 e. The highest BCUT2D eigenvalue weighted by molar-refractivity contribution is 7.80. The van der Waals surface area contributed by atoms with E-state index in [4.69, 9.17) is 17.0 Å². The summed E-state index contributed by atoms with van der Waals surface area (Å²) < 4.78 is 5.48. The van der Waals surface area contributed by atoms with Crippen molar-refractivity contribution >= 4 is 23.0 Å². The molecule has 0 heterocycles. The van der Waals surface area contributed by atoms with Crippen LogP contribution in [-0.2, 0) is 0 Å². The van der Waals surface area contributed by atoms with Crippen molar-refractivity contribution in [1.82, 2.24) is 5.32 Å². The molecule has 3 nitrogen and oxygen atoms in total. The standard InChI is InChI=1S/C22H22N2OS/c1-16(17-9-5-3-6-10-17)23-22(26)24-20-15-19(13-14-21(20)25-2)18-11-7-4-8-12-18/h3-16H,1-2H3,(H2,23,24,26). The van der Waals surface area contributed by atoms with E-state index < -0.39 is 0 Å². The van der Waals surface area contributed by atoms with E-state index in [2.05, 4.69) is 47.9 Å². The van der Waals surface area contributed by atoms with Crippen LogP contribution in [0.5, 0.6) is 5.75 Å². The lowest BCUT2D eigenvalue weighted by Crippen LogP contribution is -2.31. The molecule has 0 bridgehead atoms. The van der Waals surface area contributed by atoms with Crippen molar-refractivity contribution in [3.8, 4) is 16.9 Å². The third-order valence-electron chi connectivity index (χ3n) is 4.20. The fraction of sp³-hybridized carbons (Fsp3) is 0.136. The highest BCUT2D eigenvalue weighted by Crippen LogP contribution is 2.30. The highest BCUT2D eigenvalue weighted by Gasteiger charge is 2.10. The first kappa shape index (κ1) is 18.0. The van der Waals surface area contributed by atoms with Crippen molar-refractivity contribution < 1.29 is 4.74 Å². The Morgan fingerprint density at radius 3 is 2.19 bits per heavy atom. The quantitative estimate of drug-likeness (QED) is 0.595. The van der Waals surface area contributed by atoms with E-state index in [1.54, 1.807) is 7.11 Å². The molecule has 0 aliphatic carbocycles. The number of ether oxygens (including phenoxy) is 1. The number of methoxy groups -OCH3 is 1. The van der Waals surface area contributed by atoms with Gasteiger partial charge in [0.1, 0.15) is 5.75 Å². The van der Waals surface area contributed by atoms with Gasteiger partial charge >= 0.3 is 0 Å². The minimum Gasteiger partial charge on any atom is -0.495 e. The summed E-state index contributed by atoms with van der Waals surface area (Å²) >= 11 is 5.50. The van der Waals surface area contributed by atoms with Gasteiger partial charge in [-0.3, -0.25) is 0 Å². The number of benzene rings is 3. The van der Waals surface area contributed by atoms with E-state index in [-0.39, 0.29) is 6.04 Å². The average molecular weight is 362 g/mol. The molecule has 3 rings (SSSR count). The number of nitrogens with one attached hydrogen (secondary N) is 2. The topological polar surface area (TPSA) is 33.3 Å². The van der Waals surface area contributed by atoms with Crippen LogP contribution in [0.15, 0.2) is 78.9 Å². The Kier molecular flexibility index (Phi) is 5.87. The van der Waals surface area contributed by atoms with Crippen LogP contribution >= 0.6 is 12.2 Å². The van der Waals surface area contributed by atoms with E-state index >= 15 is 0 Å². The zero-order chi connectivity index (χ0) is 18.4. The van der Waals surface area contributed by atoms with Crippen molar-refractivity contribution in [2.24, 2.45) is 0 Å². The van der Waals surface area contributed by atoms with Crippen molar-refractivity contribution in [2.45, 2.75) is 13.0 Å². The SMILES string of the molecule is COc1ccc(-c2ccccc2)cc1NC(=S)NC(C)c1ccccc1. The van der Waals surface area contributed by atoms with Crippen LogP contribution in [-0.4, -0.2) is 12.2 Å². The van der Waals surface area contributed by atoms with Crippen LogP contribution in [0, 0.1) is 0 Å². The number of anilines is 1. The van der Waals surface area contributed by atoms with Gasteiger partial charge in [0.2, 0.25) is 0 Å². The van der Waals surface area contributed by atoms with Gasteiger partial charge in [-0.05, 0) is 48.0 Å². The largest absolute Gasteiger partial charge is 0.495 e. The van der Waals surface area contributed by atoms with Gasteiger partial charge in [-0.25, -0.2) is 0 Å². The normalized spacial score (nSPS) is 11.5. The molecular formula is C22H22N2OS. The molecule has 3 aromatic rings. The molecule has 0 fully saturated rings. The minimum absolute atomic E-state index is 0.111. The molecule has 0 amide bonds. The van der Waals surface area contributed by atoms with Crippen LogP contribution in [0.4, 0.5) is 5.69 Å². The Hall–Kier alpha value is -2.85. The first-order chi connectivity index (χ1) is 12.7. The van der Waals surface area contributed by atoms with Gasteiger partial charge in [0.25, 0.3) is 0 Å². The summed E-state index contributed by atoms with van der Waals surface area (Å²) in [7, 11) is 1.66. The number of rotatable bonds is 5. The van der Waals surface area contributed by atoms with Crippen LogP contribution in [0.2, 0.25) is 0 Å². The van der Waals surface area contributed by atoms with E-state index in [1.807, 2.05) is 48.5 Å². The van der Waals surface area contributed by atoms with Crippen LogP contribution in [0.1, 0.15) is 18.5 Å². The molecule has 0 spiro atoms. The van der Waals surface area contributed by atoms with Gasteiger partial charge in [-0.2, -0.15) is 0 Å². The summed E-state index contributed by atoms with van der Waals surface area (Å²) in [5.74, 6) is 0.751. The molecule has 0 aliphatic rings. The van der Waals surface area contributed by atoms with Crippen LogP contribution in [0.3, 0.4) is 0 Å². The van der Waals surface area contributed by atoms with Crippen molar-refractivity contribution in [3.63, 3.8) is 0 Å².